The second-order valence-electron chi connectivity index (χ2n) is 3.78. The minimum absolute atomic E-state index is 0.208. The lowest BCUT2D eigenvalue weighted by molar-refractivity contribution is 0.0882. The number of hydrogen-bond donors (Lipinski definition) is 1. The minimum Gasteiger partial charge on any atom is -0.494 e. The van der Waals surface area contributed by atoms with Crippen LogP contribution in [-0.2, 0) is 11.2 Å². The number of aliphatic hydroxyl groups is 1. The molecule has 1 aromatic carbocycles. The third kappa shape index (κ3) is 4.32. The van der Waals surface area contributed by atoms with Crippen molar-refractivity contribution in [2.24, 2.45) is 0 Å². The van der Waals surface area contributed by atoms with Gasteiger partial charge in [-0.15, -0.1) is 0 Å². The predicted octanol–water partition coefficient (Wildman–Crippen LogP) is 2.16. The van der Waals surface area contributed by atoms with E-state index in [0.717, 1.165) is 0 Å². The summed E-state index contributed by atoms with van der Waals surface area (Å²) in [6, 6.07) is 4.93. The summed E-state index contributed by atoms with van der Waals surface area (Å²) in [5, 5.41) is 9.73. The average Bonchev–Trinajstić information content (AvgIpc) is 2.32. The summed E-state index contributed by atoms with van der Waals surface area (Å²) in [7, 11) is 1.42. The van der Waals surface area contributed by atoms with Gasteiger partial charge in [-0.3, -0.25) is 0 Å². The van der Waals surface area contributed by atoms with Gasteiger partial charge in [0.25, 0.3) is 0 Å². The summed E-state index contributed by atoms with van der Waals surface area (Å²) >= 11 is 0. The van der Waals surface area contributed by atoms with Crippen molar-refractivity contribution in [2.75, 3.05) is 20.3 Å². The van der Waals surface area contributed by atoms with E-state index in [4.69, 9.17) is 9.47 Å². The monoisotopic (exact) mass is 242 g/mol. The van der Waals surface area contributed by atoms with Crippen LogP contribution in [-0.4, -0.2) is 31.5 Å². The maximum atomic E-state index is 13.8. The van der Waals surface area contributed by atoms with Gasteiger partial charge in [0, 0.05) is 19.6 Å². The van der Waals surface area contributed by atoms with Crippen LogP contribution in [0.5, 0.6) is 5.75 Å². The molecule has 1 aromatic rings. The summed E-state index contributed by atoms with van der Waals surface area (Å²) < 4.78 is 23.8. The van der Waals surface area contributed by atoms with Gasteiger partial charge in [-0.2, -0.15) is 0 Å². The van der Waals surface area contributed by atoms with Crippen LogP contribution >= 0.6 is 0 Å². The van der Waals surface area contributed by atoms with Crippen LogP contribution in [0.2, 0.25) is 0 Å². The second-order valence-corrected chi connectivity index (χ2v) is 3.78. The van der Waals surface area contributed by atoms with Crippen molar-refractivity contribution in [2.45, 2.75) is 25.9 Å². The molecular weight excluding hydrogens is 223 g/mol. The van der Waals surface area contributed by atoms with E-state index in [2.05, 4.69) is 0 Å². The number of methoxy groups -OCH3 is 1. The molecule has 96 valence electrons. The van der Waals surface area contributed by atoms with Gasteiger partial charge in [0.1, 0.15) is 0 Å². The van der Waals surface area contributed by atoms with Crippen molar-refractivity contribution < 1.29 is 19.0 Å². The first kappa shape index (κ1) is 13.9. The van der Waals surface area contributed by atoms with Crippen LogP contribution in [0.15, 0.2) is 18.2 Å². The van der Waals surface area contributed by atoms with Gasteiger partial charge in [0.2, 0.25) is 0 Å². The molecule has 0 radical (unpaired) electrons. The highest BCUT2D eigenvalue weighted by Crippen LogP contribution is 2.21. The molecule has 0 aromatic heterocycles. The smallest absolute Gasteiger partial charge is 0.168 e. The number of halogens is 1. The zero-order valence-electron chi connectivity index (χ0n) is 10.3. The van der Waals surface area contributed by atoms with Gasteiger partial charge in [-0.05, 0) is 25.0 Å². The van der Waals surface area contributed by atoms with Crippen molar-refractivity contribution in [3.8, 4) is 5.75 Å². The lowest BCUT2D eigenvalue weighted by Gasteiger charge is -2.12. The van der Waals surface area contributed by atoms with Crippen LogP contribution in [0.3, 0.4) is 0 Å². The van der Waals surface area contributed by atoms with Crippen LogP contribution in [0.1, 0.15) is 18.9 Å². The van der Waals surface area contributed by atoms with E-state index in [1.807, 2.05) is 6.92 Å². The molecule has 0 bridgehead atoms. The Morgan fingerprint density at radius 1 is 1.41 bits per heavy atom. The standard InChI is InChI=1S/C13H19FO3/c1-3-17-8-7-11(15)9-10-5-4-6-12(16-2)13(10)14/h4-6,11,15H,3,7-9H2,1-2H3. The van der Waals surface area contributed by atoms with E-state index in [0.29, 0.717) is 25.2 Å². The molecule has 0 heterocycles. The van der Waals surface area contributed by atoms with Crippen molar-refractivity contribution in [1.29, 1.82) is 0 Å². The van der Waals surface area contributed by atoms with Crippen molar-refractivity contribution in [3.63, 3.8) is 0 Å². The molecule has 1 rings (SSSR count). The number of ether oxygens (including phenoxy) is 2. The topological polar surface area (TPSA) is 38.7 Å². The zero-order chi connectivity index (χ0) is 12.7. The third-order valence-corrected chi connectivity index (χ3v) is 2.52. The summed E-state index contributed by atoms with van der Waals surface area (Å²) in [6.07, 6.45) is 0.184. The number of aliphatic hydroxyl groups excluding tert-OH is 1. The second kappa shape index (κ2) is 7.25. The maximum absolute atomic E-state index is 13.8. The highest BCUT2D eigenvalue weighted by molar-refractivity contribution is 5.31. The Morgan fingerprint density at radius 2 is 2.18 bits per heavy atom. The van der Waals surface area contributed by atoms with Gasteiger partial charge < -0.3 is 14.6 Å². The summed E-state index contributed by atoms with van der Waals surface area (Å²) in [6.45, 7) is 3.01. The molecule has 3 nitrogen and oxygen atoms in total. The summed E-state index contributed by atoms with van der Waals surface area (Å²) in [4.78, 5) is 0. The molecule has 0 aliphatic rings. The average molecular weight is 242 g/mol. The Balaban J connectivity index is 2.55. The fraction of sp³-hybridized carbons (Fsp3) is 0.538. The first-order chi connectivity index (χ1) is 8.19. The fourth-order valence-electron chi connectivity index (χ4n) is 1.59. The van der Waals surface area contributed by atoms with Gasteiger partial charge in [0.05, 0.1) is 13.2 Å². The normalized spacial score (nSPS) is 12.5. The number of hydrogen-bond acceptors (Lipinski definition) is 3. The minimum atomic E-state index is -0.594. The van der Waals surface area contributed by atoms with Crippen LogP contribution in [0, 0.1) is 5.82 Å². The third-order valence-electron chi connectivity index (χ3n) is 2.52. The molecule has 1 unspecified atom stereocenters. The van der Waals surface area contributed by atoms with Crippen molar-refractivity contribution >= 4 is 0 Å². The van der Waals surface area contributed by atoms with Crippen molar-refractivity contribution in [3.05, 3.63) is 29.6 Å². The van der Waals surface area contributed by atoms with Gasteiger partial charge >= 0.3 is 0 Å². The Hall–Kier alpha value is -1.13. The SMILES string of the molecule is CCOCCC(O)Cc1cccc(OC)c1F. The highest BCUT2D eigenvalue weighted by Gasteiger charge is 2.12. The quantitative estimate of drug-likeness (QED) is 0.745. The van der Waals surface area contributed by atoms with E-state index >= 15 is 0 Å². The zero-order valence-corrected chi connectivity index (χ0v) is 10.3. The van der Waals surface area contributed by atoms with Crippen LogP contribution in [0.4, 0.5) is 4.39 Å². The lowest BCUT2D eigenvalue weighted by Crippen LogP contribution is -2.14. The molecule has 0 spiro atoms. The molecule has 1 N–H and O–H groups in total. The van der Waals surface area contributed by atoms with Crippen molar-refractivity contribution in [1.82, 2.24) is 0 Å². The van der Waals surface area contributed by atoms with E-state index in [1.165, 1.54) is 7.11 Å². The Morgan fingerprint density at radius 3 is 2.82 bits per heavy atom. The number of rotatable bonds is 7. The molecule has 0 aliphatic heterocycles. The maximum Gasteiger partial charge on any atom is 0.168 e. The van der Waals surface area contributed by atoms with E-state index in [-0.39, 0.29) is 12.2 Å². The molecule has 17 heavy (non-hydrogen) atoms. The van der Waals surface area contributed by atoms with Gasteiger partial charge in [-0.1, -0.05) is 12.1 Å². The van der Waals surface area contributed by atoms with Crippen LogP contribution in [0.25, 0.3) is 0 Å². The molecule has 4 heteroatoms. The van der Waals surface area contributed by atoms with Crippen LogP contribution < -0.4 is 4.74 Å². The highest BCUT2D eigenvalue weighted by atomic mass is 19.1. The lowest BCUT2D eigenvalue weighted by atomic mass is 10.1. The van der Waals surface area contributed by atoms with Gasteiger partial charge in [0.15, 0.2) is 11.6 Å². The molecule has 0 amide bonds. The van der Waals surface area contributed by atoms with E-state index < -0.39 is 11.9 Å². The molecule has 0 aliphatic carbocycles. The molecular formula is C13H19FO3. The first-order valence-electron chi connectivity index (χ1n) is 5.76. The Labute approximate surface area is 101 Å². The fourth-order valence-corrected chi connectivity index (χ4v) is 1.59. The van der Waals surface area contributed by atoms with Gasteiger partial charge in [-0.25, -0.2) is 4.39 Å². The molecule has 0 saturated carbocycles. The summed E-state index contributed by atoms with van der Waals surface area (Å²) in [5.74, 6) is -0.190. The Kier molecular flexibility index (Phi) is 5.94. The number of benzene rings is 1. The summed E-state index contributed by atoms with van der Waals surface area (Å²) in [5.41, 5.74) is 0.466. The Bertz CT molecular complexity index is 341. The molecule has 0 fully saturated rings. The van der Waals surface area contributed by atoms with E-state index in [1.54, 1.807) is 18.2 Å². The van der Waals surface area contributed by atoms with E-state index in [9.17, 15) is 9.50 Å². The first-order valence-corrected chi connectivity index (χ1v) is 5.76. The predicted molar refractivity (Wildman–Crippen MR) is 63.8 cm³/mol. The molecule has 0 saturated heterocycles. The molecule has 1 atom stereocenters. The largest absolute Gasteiger partial charge is 0.494 e.